The Bertz CT molecular complexity index is 1120. The standard InChI is InChI=1S/C22H21N5O4/c1-16(28)24-11-13-25(14-12-24)22(29)20-15-23-26(21(20)17-5-3-2-4-6-17)18-7-9-19(10-8-18)27(30)31/h2-10,15H,11-14H2,1H3. The van der Waals surface area contributed by atoms with Crippen molar-refractivity contribution in [1.82, 2.24) is 19.6 Å². The van der Waals surface area contributed by atoms with Crippen LogP contribution in [0.25, 0.3) is 16.9 Å². The number of amides is 2. The lowest BCUT2D eigenvalue weighted by Gasteiger charge is -2.34. The number of hydrogen-bond donors (Lipinski definition) is 0. The van der Waals surface area contributed by atoms with Gasteiger partial charge in [-0.3, -0.25) is 19.7 Å². The number of rotatable bonds is 4. The third-order valence-corrected chi connectivity index (χ3v) is 5.36. The van der Waals surface area contributed by atoms with E-state index in [1.54, 1.807) is 26.6 Å². The molecule has 0 unspecified atom stereocenters. The highest BCUT2D eigenvalue weighted by atomic mass is 16.6. The van der Waals surface area contributed by atoms with Crippen LogP contribution in [0.15, 0.2) is 60.8 Å². The van der Waals surface area contributed by atoms with Gasteiger partial charge in [0.2, 0.25) is 5.91 Å². The maximum absolute atomic E-state index is 13.3. The van der Waals surface area contributed by atoms with Crippen LogP contribution >= 0.6 is 0 Å². The molecule has 1 fully saturated rings. The number of hydrogen-bond acceptors (Lipinski definition) is 5. The van der Waals surface area contributed by atoms with E-state index in [4.69, 9.17) is 0 Å². The first-order valence-corrected chi connectivity index (χ1v) is 9.89. The summed E-state index contributed by atoms with van der Waals surface area (Å²) < 4.78 is 1.62. The number of nitro groups is 1. The number of nitro benzene ring substituents is 1. The van der Waals surface area contributed by atoms with E-state index in [-0.39, 0.29) is 17.5 Å². The first-order valence-electron chi connectivity index (χ1n) is 9.89. The van der Waals surface area contributed by atoms with Crippen LogP contribution in [0.2, 0.25) is 0 Å². The zero-order chi connectivity index (χ0) is 22.0. The van der Waals surface area contributed by atoms with Crippen molar-refractivity contribution in [2.75, 3.05) is 26.2 Å². The lowest BCUT2D eigenvalue weighted by atomic mass is 10.1. The average Bonchev–Trinajstić information content (AvgIpc) is 3.24. The van der Waals surface area contributed by atoms with Gasteiger partial charge in [0.25, 0.3) is 11.6 Å². The number of benzene rings is 2. The summed E-state index contributed by atoms with van der Waals surface area (Å²) in [6.45, 7) is 3.43. The molecule has 2 amide bonds. The summed E-state index contributed by atoms with van der Waals surface area (Å²) in [6.07, 6.45) is 1.53. The van der Waals surface area contributed by atoms with Crippen molar-refractivity contribution < 1.29 is 14.5 Å². The molecular formula is C22H21N5O4. The van der Waals surface area contributed by atoms with Crippen LogP contribution in [0.1, 0.15) is 17.3 Å². The molecule has 1 aliphatic heterocycles. The first-order chi connectivity index (χ1) is 15.0. The van der Waals surface area contributed by atoms with Crippen LogP contribution in [-0.4, -0.2) is 62.5 Å². The highest BCUT2D eigenvalue weighted by molar-refractivity contribution is 6.00. The Hall–Kier alpha value is -4.01. The summed E-state index contributed by atoms with van der Waals surface area (Å²) in [6, 6.07) is 15.5. The topological polar surface area (TPSA) is 102 Å². The van der Waals surface area contributed by atoms with Crippen molar-refractivity contribution in [2.24, 2.45) is 0 Å². The van der Waals surface area contributed by atoms with E-state index in [1.165, 1.54) is 25.3 Å². The molecule has 9 heteroatoms. The zero-order valence-corrected chi connectivity index (χ0v) is 17.0. The Balaban J connectivity index is 1.71. The summed E-state index contributed by atoms with van der Waals surface area (Å²) in [5, 5.41) is 15.4. The van der Waals surface area contributed by atoms with E-state index in [0.29, 0.717) is 43.1 Å². The molecule has 0 bridgehead atoms. The molecule has 0 atom stereocenters. The predicted molar refractivity (Wildman–Crippen MR) is 114 cm³/mol. The van der Waals surface area contributed by atoms with E-state index in [9.17, 15) is 19.7 Å². The second-order valence-corrected chi connectivity index (χ2v) is 7.26. The lowest BCUT2D eigenvalue weighted by Crippen LogP contribution is -2.50. The van der Waals surface area contributed by atoms with Crippen molar-refractivity contribution in [1.29, 1.82) is 0 Å². The number of carbonyl (C=O) groups excluding carboxylic acids is 2. The summed E-state index contributed by atoms with van der Waals surface area (Å²) in [5.41, 5.74) is 2.47. The van der Waals surface area contributed by atoms with Crippen LogP contribution in [0.4, 0.5) is 5.69 Å². The molecule has 0 aliphatic carbocycles. The monoisotopic (exact) mass is 419 g/mol. The number of carbonyl (C=O) groups is 2. The minimum absolute atomic E-state index is 0.00284. The van der Waals surface area contributed by atoms with Crippen LogP contribution in [0, 0.1) is 10.1 Å². The maximum atomic E-state index is 13.3. The summed E-state index contributed by atoms with van der Waals surface area (Å²) in [7, 11) is 0. The van der Waals surface area contributed by atoms with Crippen molar-refractivity contribution in [3.8, 4) is 16.9 Å². The van der Waals surface area contributed by atoms with Gasteiger partial charge in [-0.2, -0.15) is 5.10 Å². The molecule has 158 valence electrons. The molecule has 2 aromatic carbocycles. The molecule has 1 aromatic heterocycles. The molecule has 9 nitrogen and oxygen atoms in total. The first kappa shape index (κ1) is 20.3. The fourth-order valence-corrected chi connectivity index (χ4v) is 3.68. The molecule has 0 spiro atoms. The molecule has 0 radical (unpaired) electrons. The second-order valence-electron chi connectivity index (χ2n) is 7.26. The Morgan fingerprint density at radius 3 is 2.13 bits per heavy atom. The van der Waals surface area contributed by atoms with Crippen LogP contribution in [-0.2, 0) is 4.79 Å². The van der Waals surface area contributed by atoms with Gasteiger partial charge in [0.15, 0.2) is 0 Å². The summed E-state index contributed by atoms with van der Waals surface area (Å²) in [4.78, 5) is 38.9. The molecule has 0 N–H and O–H groups in total. The van der Waals surface area contributed by atoms with Gasteiger partial charge >= 0.3 is 0 Å². The summed E-state index contributed by atoms with van der Waals surface area (Å²) >= 11 is 0. The SMILES string of the molecule is CC(=O)N1CCN(C(=O)c2cnn(-c3ccc([N+](=O)[O-])cc3)c2-c2ccccc2)CC1. The third-order valence-electron chi connectivity index (χ3n) is 5.36. The van der Waals surface area contributed by atoms with Crippen molar-refractivity contribution in [3.63, 3.8) is 0 Å². The average molecular weight is 419 g/mol. The number of piperazine rings is 1. The predicted octanol–water partition coefficient (Wildman–Crippen LogP) is 2.75. The number of aromatic nitrogens is 2. The lowest BCUT2D eigenvalue weighted by molar-refractivity contribution is -0.384. The second kappa shape index (κ2) is 8.39. The summed E-state index contributed by atoms with van der Waals surface area (Å²) in [5.74, 6) is -0.154. The molecule has 1 aliphatic rings. The molecule has 4 rings (SSSR count). The quantitative estimate of drug-likeness (QED) is 0.478. The molecule has 2 heterocycles. The normalized spacial score (nSPS) is 13.8. The van der Waals surface area contributed by atoms with Crippen LogP contribution in [0.3, 0.4) is 0 Å². The van der Waals surface area contributed by atoms with E-state index >= 15 is 0 Å². The molecular weight excluding hydrogens is 398 g/mol. The Morgan fingerprint density at radius 1 is 0.935 bits per heavy atom. The highest BCUT2D eigenvalue weighted by Gasteiger charge is 2.27. The van der Waals surface area contributed by atoms with Crippen LogP contribution in [0.5, 0.6) is 0 Å². The fourth-order valence-electron chi connectivity index (χ4n) is 3.68. The van der Waals surface area contributed by atoms with Crippen molar-refractivity contribution in [2.45, 2.75) is 6.92 Å². The van der Waals surface area contributed by atoms with E-state index < -0.39 is 4.92 Å². The van der Waals surface area contributed by atoms with Crippen LogP contribution < -0.4 is 0 Å². The van der Waals surface area contributed by atoms with Gasteiger partial charge in [-0.15, -0.1) is 0 Å². The zero-order valence-electron chi connectivity index (χ0n) is 17.0. The Morgan fingerprint density at radius 2 is 1.55 bits per heavy atom. The molecule has 1 saturated heterocycles. The minimum atomic E-state index is -0.458. The van der Waals surface area contributed by atoms with E-state index in [1.807, 2.05) is 30.3 Å². The largest absolute Gasteiger partial charge is 0.339 e. The Labute approximate surface area is 178 Å². The highest BCUT2D eigenvalue weighted by Crippen LogP contribution is 2.28. The van der Waals surface area contributed by atoms with Gasteiger partial charge in [-0.1, -0.05) is 30.3 Å². The van der Waals surface area contributed by atoms with Gasteiger partial charge in [0.1, 0.15) is 0 Å². The minimum Gasteiger partial charge on any atom is -0.339 e. The maximum Gasteiger partial charge on any atom is 0.269 e. The molecule has 0 saturated carbocycles. The third kappa shape index (κ3) is 4.02. The Kier molecular flexibility index (Phi) is 5.48. The van der Waals surface area contributed by atoms with Gasteiger partial charge < -0.3 is 9.80 Å². The van der Waals surface area contributed by atoms with Crippen molar-refractivity contribution >= 4 is 17.5 Å². The van der Waals surface area contributed by atoms with Gasteiger partial charge in [-0.25, -0.2) is 4.68 Å². The smallest absolute Gasteiger partial charge is 0.269 e. The fraction of sp³-hybridized carbons (Fsp3) is 0.227. The van der Waals surface area contributed by atoms with Gasteiger partial charge in [-0.05, 0) is 12.1 Å². The van der Waals surface area contributed by atoms with E-state index in [2.05, 4.69) is 5.10 Å². The molecule has 3 aromatic rings. The number of non-ortho nitro benzene ring substituents is 1. The van der Waals surface area contributed by atoms with Crippen molar-refractivity contribution in [3.05, 3.63) is 76.5 Å². The van der Waals surface area contributed by atoms with Gasteiger partial charge in [0, 0.05) is 50.8 Å². The number of nitrogens with zero attached hydrogens (tertiary/aromatic N) is 5. The van der Waals surface area contributed by atoms with E-state index in [0.717, 1.165) is 5.56 Å². The van der Waals surface area contributed by atoms with Gasteiger partial charge in [0.05, 0.1) is 28.1 Å². The molecule has 31 heavy (non-hydrogen) atoms.